The van der Waals surface area contributed by atoms with E-state index in [9.17, 15) is 13.5 Å². The fourth-order valence-corrected chi connectivity index (χ4v) is 2.30. The monoisotopic (exact) mass is 258 g/mol. The Morgan fingerprint density at radius 1 is 1.29 bits per heavy atom. The number of phenolic OH excluding ortho intramolecular Hbond substituents is 1. The van der Waals surface area contributed by atoms with Gasteiger partial charge in [0.15, 0.2) is 0 Å². The third-order valence-corrected chi connectivity index (χ3v) is 3.33. The maximum absolute atomic E-state index is 11.6. The Hall–Kier alpha value is -1.27. The summed E-state index contributed by atoms with van der Waals surface area (Å²) in [5.41, 5.74) is 1.16. The highest BCUT2D eigenvalue weighted by Crippen LogP contribution is 2.25. The average molecular weight is 258 g/mol. The molecule has 1 rings (SSSR count). The highest BCUT2D eigenvalue weighted by molar-refractivity contribution is 7.90. The van der Waals surface area contributed by atoms with Crippen LogP contribution in [0.1, 0.15) is 25.8 Å². The summed E-state index contributed by atoms with van der Waals surface area (Å²) >= 11 is 0. The average Bonchev–Trinajstić information content (AvgIpc) is 2.29. The van der Waals surface area contributed by atoms with Crippen LogP contribution in [0.25, 0.3) is 0 Å². The van der Waals surface area contributed by atoms with Gasteiger partial charge in [-0.1, -0.05) is 19.9 Å². The molecule has 0 aliphatic rings. The third kappa shape index (κ3) is 4.24. The molecule has 0 aromatic heterocycles. The third-order valence-electron chi connectivity index (χ3n) is 2.26. The lowest BCUT2D eigenvalue weighted by molar-refractivity contribution is 0.477. The zero-order valence-electron chi connectivity index (χ0n) is 10.0. The van der Waals surface area contributed by atoms with Crippen molar-refractivity contribution in [2.24, 2.45) is 0 Å². The highest BCUT2D eigenvalue weighted by atomic mass is 32.2. The quantitative estimate of drug-likeness (QED) is 0.678. The maximum Gasteiger partial charge on any atom is 0.299 e. The second-order valence-corrected chi connectivity index (χ2v) is 5.20. The number of phenols is 1. The Balaban J connectivity index is 2.87. The molecule has 0 saturated carbocycles. The lowest BCUT2D eigenvalue weighted by atomic mass is 10.1. The molecule has 0 atom stereocenters. The summed E-state index contributed by atoms with van der Waals surface area (Å²) in [5.74, 6) is -0.0796. The Labute approximate surface area is 102 Å². The fraction of sp³-hybridized carbons (Fsp3) is 0.455. The summed E-state index contributed by atoms with van der Waals surface area (Å²) in [5, 5.41) is 9.56. The van der Waals surface area contributed by atoms with Crippen molar-refractivity contribution >= 4 is 15.9 Å². The summed E-state index contributed by atoms with van der Waals surface area (Å²) in [7, 11) is -3.60. The van der Waals surface area contributed by atoms with Crippen LogP contribution in [0.2, 0.25) is 0 Å². The molecule has 0 radical (unpaired) electrons. The van der Waals surface area contributed by atoms with E-state index >= 15 is 0 Å². The van der Waals surface area contributed by atoms with Crippen LogP contribution >= 0.6 is 0 Å². The smallest absolute Gasteiger partial charge is 0.299 e. The van der Waals surface area contributed by atoms with Gasteiger partial charge in [-0.3, -0.25) is 4.72 Å². The molecule has 0 unspecified atom stereocenters. The van der Waals surface area contributed by atoms with Crippen molar-refractivity contribution in [3.8, 4) is 5.75 Å². The minimum absolute atomic E-state index is 0.0796. The number of benzene rings is 1. The summed E-state index contributed by atoms with van der Waals surface area (Å²) in [6, 6.07) is 4.86. The van der Waals surface area contributed by atoms with Gasteiger partial charge < -0.3 is 5.11 Å². The van der Waals surface area contributed by atoms with Crippen molar-refractivity contribution in [2.75, 3.05) is 11.3 Å². The van der Waals surface area contributed by atoms with Gasteiger partial charge in [0, 0.05) is 6.54 Å². The maximum atomic E-state index is 11.6. The Bertz CT molecular complexity index is 472. The van der Waals surface area contributed by atoms with Crippen LogP contribution in [0.3, 0.4) is 0 Å². The molecule has 0 spiro atoms. The lowest BCUT2D eigenvalue weighted by Gasteiger charge is -2.11. The van der Waals surface area contributed by atoms with E-state index < -0.39 is 10.2 Å². The number of hydrogen-bond acceptors (Lipinski definition) is 3. The Morgan fingerprint density at radius 2 is 2.00 bits per heavy atom. The number of nitrogens with one attached hydrogen (secondary N) is 2. The predicted molar refractivity (Wildman–Crippen MR) is 68.3 cm³/mol. The molecule has 17 heavy (non-hydrogen) atoms. The number of aromatic hydroxyl groups is 1. The molecule has 3 N–H and O–H groups in total. The molecule has 1 aromatic carbocycles. The summed E-state index contributed by atoms with van der Waals surface area (Å²) < 4.78 is 27.8. The molecule has 5 nitrogen and oxygen atoms in total. The highest BCUT2D eigenvalue weighted by Gasteiger charge is 2.11. The van der Waals surface area contributed by atoms with Crippen molar-refractivity contribution < 1.29 is 13.5 Å². The predicted octanol–water partition coefficient (Wildman–Crippen LogP) is 1.61. The van der Waals surface area contributed by atoms with Gasteiger partial charge in [-0.05, 0) is 30.5 Å². The molecular formula is C11H18N2O3S. The largest absolute Gasteiger partial charge is 0.506 e. The molecule has 0 heterocycles. The summed E-state index contributed by atoms with van der Waals surface area (Å²) in [6.45, 7) is 4.20. The fourth-order valence-electron chi connectivity index (χ4n) is 1.30. The lowest BCUT2D eigenvalue weighted by Crippen LogP contribution is -2.30. The molecule has 96 valence electrons. The van der Waals surface area contributed by atoms with Crippen LogP contribution in [0.4, 0.5) is 5.69 Å². The standard InChI is InChI=1S/C11H18N2O3S/c1-3-7-12-17(15,16)13-10-8-9(4-2)5-6-11(10)14/h5-6,8,12-14H,3-4,7H2,1-2H3. The second-order valence-electron chi connectivity index (χ2n) is 3.70. The molecule has 0 aliphatic carbocycles. The first kappa shape index (κ1) is 13.8. The van der Waals surface area contributed by atoms with Crippen LogP contribution in [-0.2, 0) is 16.6 Å². The topological polar surface area (TPSA) is 78.4 Å². The van der Waals surface area contributed by atoms with Gasteiger partial charge in [-0.2, -0.15) is 13.1 Å². The first-order chi connectivity index (χ1) is 7.98. The molecule has 1 aromatic rings. The van der Waals surface area contributed by atoms with E-state index in [2.05, 4.69) is 9.44 Å². The van der Waals surface area contributed by atoms with Gasteiger partial charge in [0.1, 0.15) is 5.75 Å². The molecule has 0 aliphatic heterocycles. The minimum Gasteiger partial charge on any atom is -0.506 e. The molecule has 0 amide bonds. The first-order valence-corrected chi connectivity index (χ1v) is 7.06. The molecule has 0 fully saturated rings. The first-order valence-electron chi connectivity index (χ1n) is 5.57. The molecular weight excluding hydrogens is 240 g/mol. The van der Waals surface area contributed by atoms with Crippen LogP contribution in [-0.4, -0.2) is 20.1 Å². The van der Waals surface area contributed by atoms with Crippen molar-refractivity contribution in [3.05, 3.63) is 23.8 Å². The van der Waals surface area contributed by atoms with E-state index in [0.29, 0.717) is 13.0 Å². The number of rotatable bonds is 6. The molecule has 6 heteroatoms. The van der Waals surface area contributed by atoms with Crippen molar-refractivity contribution in [3.63, 3.8) is 0 Å². The van der Waals surface area contributed by atoms with E-state index in [1.54, 1.807) is 12.1 Å². The zero-order chi connectivity index (χ0) is 12.9. The molecule has 0 bridgehead atoms. The SMILES string of the molecule is CCCNS(=O)(=O)Nc1cc(CC)ccc1O. The van der Waals surface area contributed by atoms with Crippen LogP contribution in [0.5, 0.6) is 5.75 Å². The van der Waals surface area contributed by atoms with Crippen LogP contribution in [0.15, 0.2) is 18.2 Å². The van der Waals surface area contributed by atoms with E-state index in [4.69, 9.17) is 0 Å². The van der Waals surface area contributed by atoms with Gasteiger partial charge in [-0.25, -0.2) is 0 Å². The van der Waals surface area contributed by atoms with Gasteiger partial charge in [-0.15, -0.1) is 0 Å². The van der Waals surface area contributed by atoms with Gasteiger partial charge in [0.05, 0.1) is 5.69 Å². The number of aryl methyl sites for hydroxylation is 1. The van der Waals surface area contributed by atoms with Crippen molar-refractivity contribution in [1.29, 1.82) is 0 Å². The van der Waals surface area contributed by atoms with E-state index in [-0.39, 0.29) is 11.4 Å². The second kappa shape index (κ2) is 5.88. The van der Waals surface area contributed by atoms with Crippen LogP contribution in [0, 0.1) is 0 Å². The number of hydrogen-bond donors (Lipinski definition) is 3. The zero-order valence-corrected chi connectivity index (χ0v) is 10.8. The Kier molecular flexibility index (Phi) is 4.77. The van der Waals surface area contributed by atoms with Crippen molar-refractivity contribution in [2.45, 2.75) is 26.7 Å². The van der Waals surface area contributed by atoms with Gasteiger partial charge >= 0.3 is 0 Å². The minimum atomic E-state index is -3.60. The van der Waals surface area contributed by atoms with Gasteiger partial charge in [0.2, 0.25) is 0 Å². The van der Waals surface area contributed by atoms with Gasteiger partial charge in [0.25, 0.3) is 10.2 Å². The summed E-state index contributed by atoms with van der Waals surface area (Å²) in [4.78, 5) is 0. The van der Waals surface area contributed by atoms with Crippen LogP contribution < -0.4 is 9.44 Å². The van der Waals surface area contributed by atoms with E-state index in [0.717, 1.165) is 12.0 Å². The Morgan fingerprint density at radius 3 is 2.59 bits per heavy atom. The summed E-state index contributed by atoms with van der Waals surface area (Å²) in [6.07, 6.45) is 1.49. The molecule has 0 saturated heterocycles. The van der Waals surface area contributed by atoms with E-state index in [1.165, 1.54) is 6.07 Å². The normalized spacial score (nSPS) is 11.4. The van der Waals surface area contributed by atoms with E-state index in [1.807, 2.05) is 13.8 Å². The van der Waals surface area contributed by atoms with Crippen molar-refractivity contribution in [1.82, 2.24) is 4.72 Å². The number of anilines is 1.